The highest BCUT2D eigenvalue weighted by Gasteiger charge is 2.18. The molecule has 1 rings (SSSR count). The summed E-state index contributed by atoms with van der Waals surface area (Å²) in [4.78, 5) is 22.3. The molecular formula is C9H10BrNO3. The molecular weight excluding hydrogens is 250 g/mol. The first-order chi connectivity index (χ1) is 6.43. The summed E-state index contributed by atoms with van der Waals surface area (Å²) in [7, 11) is 1.59. The molecule has 0 aromatic carbocycles. The van der Waals surface area contributed by atoms with Gasteiger partial charge in [-0.1, -0.05) is 0 Å². The Balaban J connectivity index is 3.34. The van der Waals surface area contributed by atoms with Gasteiger partial charge in [-0.2, -0.15) is 0 Å². The van der Waals surface area contributed by atoms with Crippen LogP contribution < -0.4 is 5.56 Å². The van der Waals surface area contributed by atoms with E-state index in [1.54, 1.807) is 19.3 Å². The molecule has 1 aromatic heterocycles. The Hall–Kier alpha value is -1.10. The van der Waals surface area contributed by atoms with Crippen LogP contribution in [-0.2, 0) is 11.8 Å². The molecule has 14 heavy (non-hydrogen) atoms. The van der Waals surface area contributed by atoms with E-state index in [1.807, 2.05) is 0 Å². The number of hydrogen-bond acceptors (Lipinski definition) is 2. The van der Waals surface area contributed by atoms with Crippen LogP contribution in [0.25, 0.3) is 0 Å². The van der Waals surface area contributed by atoms with Crippen LogP contribution in [0, 0.1) is 0 Å². The molecule has 0 radical (unpaired) electrons. The monoisotopic (exact) mass is 259 g/mol. The summed E-state index contributed by atoms with van der Waals surface area (Å²) in [5.41, 5.74) is 0.0116. The summed E-state index contributed by atoms with van der Waals surface area (Å²) < 4.78 is 2.06. The number of nitrogens with zero attached hydrogens (tertiary/aromatic N) is 1. The van der Waals surface area contributed by atoms with Crippen molar-refractivity contribution in [1.29, 1.82) is 0 Å². The van der Waals surface area contributed by atoms with Gasteiger partial charge >= 0.3 is 5.97 Å². The SMILES string of the molecule is CC(C(=O)O)c1cc(Br)cn(C)c1=O. The minimum absolute atomic E-state index is 0.275. The molecule has 0 fully saturated rings. The molecule has 1 unspecified atom stereocenters. The number of carbonyl (C=O) groups is 1. The standard InChI is InChI=1S/C9H10BrNO3/c1-5(9(13)14)7-3-6(10)4-11(2)8(7)12/h3-5H,1-2H3,(H,13,14). The van der Waals surface area contributed by atoms with E-state index >= 15 is 0 Å². The Kier molecular flexibility index (Phi) is 3.10. The lowest BCUT2D eigenvalue weighted by molar-refractivity contribution is -0.138. The quantitative estimate of drug-likeness (QED) is 0.872. The molecule has 1 heterocycles. The summed E-state index contributed by atoms with van der Waals surface area (Å²) in [6, 6.07) is 1.54. The van der Waals surface area contributed by atoms with E-state index in [0.29, 0.717) is 4.47 Å². The first-order valence-corrected chi connectivity index (χ1v) is 4.81. The van der Waals surface area contributed by atoms with Gasteiger partial charge in [0.1, 0.15) is 0 Å². The normalized spacial score (nSPS) is 12.5. The minimum atomic E-state index is -1.000. The molecule has 0 saturated heterocycles. The van der Waals surface area contributed by atoms with Crippen LogP contribution in [0.1, 0.15) is 18.4 Å². The molecule has 0 aliphatic rings. The van der Waals surface area contributed by atoms with E-state index in [9.17, 15) is 9.59 Å². The third kappa shape index (κ3) is 2.04. The van der Waals surface area contributed by atoms with Gasteiger partial charge in [0.15, 0.2) is 0 Å². The van der Waals surface area contributed by atoms with Crippen LogP contribution in [0.15, 0.2) is 21.5 Å². The Bertz CT molecular complexity index is 425. The maximum absolute atomic E-state index is 11.5. The third-order valence-corrected chi connectivity index (χ3v) is 2.45. The fourth-order valence-corrected chi connectivity index (χ4v) is 1.69. The lowest BCUT2D eigenvalue weighted by Gasteiger charge is -2.08. The average molecular weight is 260 g/mol. The highest BCUT2D eigenvalue weighted by atomic mass is 79.9. The molecule has 1 aromatic rings. The maximum Gasteiger partial charge on any atom is 0.310 e. The predicted molar refractivity (Wildman–Crippen MR) is 55.4 cm³/mol. The number of pyridine rings is 1. The van der Waals surface area contributed by atoms with Gasteiger partial charge in [-0.25, -0.2) is 0 Å². The Morgan fingerprint density at radius 3 is 2.71 bits per heavy atom. The van der Waals surface area contributed by atoms with Gasteiger partial charge in [0.25, 0.3) is 5.56 Å². The van der Waals surface area contributed by atoms with Crippen molar-refractivity contribution in [2.24, 2.45) is 7.05 Å². The number of halogens is 1. The molecule has 76 valence electrons. The van der Waals surface area contributed by atoms with Crippen LogP contribution in [-0.4, -0.2) is 15.6 Å². The first-order valence-electron chi connectivity index (χ1n) is 4.02. The first kappa shape index (κ1) is 11.0. The Labute approximate surface area is 89.3 Å². The second kappa shape index (κ2) is 3.96. The largest absolute Gasteiger partial charge is 0.481 e. The van der Waals surface area contributed by atoms with Gasteiger partial charge in [0, 0.05) is 23.3 Å². The second-order valence-electron chi connectivity index (χ2n) is 3.09. The molecule has 1 atom stereocenters. The van der Waals surface area contributed by atoms with Crippen molar-refractivity contribution >= 4 is 21.9 Å². The van der Waals surface area contributed by atoms with E-state index in [0.717, 1.165) is 0 Å². The topological polar surface area (TPSA) is 59.3 Å². The van der Waals surface area contributed by atoms with E-state index in [1.165, 1.54) is 11.5 Å². The number of hydrogen-bond donors (Lipinski definition) is 1. The van der Waals surface area contributed by atoms with Gasteiger partial charge in [0.2, 0.25) is 0 Å². The molecule has 1 N–H and O–H groups in total. The molecule has 0 saturated carbocycles. The zero-order valence-electron chi connectivity index (χ0n) is 7.82. The van der Waals surface area contributed by atoms with E-state index < -0.39 is 11.9 Å². The number of aromatic nitrogens is 1. The number of aryl methyl sites for hydroxylation is 1. The van der Waals surface area contributed by atoms with Crippen molar-refractivity contribution in [3.8, 4) is 0 Å². The molecule has 0 aliphatic heterocycles. The molecule has 5 heteroatoms. The van der Waals surface area contributed by atoms with Crippen LogP contribution in [0.3, 0.4) is 0 Å². The van der Waals surface area contributed by atoms with Crippen molar-refractivity contribution in [2.45, 2.75) is 12.8 Å². The maximum atomic E-state index is 11.5. The predicted octanol–water partition coefficient (Wildman–Crippen LogP) is 1.34. The second-order valence-corrected chi connectivity index (χ2v) is 4.01. The van der Waals surface area contributed by atoms with E-state index in [2.05, 4.69) is 15.9 Å². The summed E-state index contributed by atoms with van der Waals surface area (Å²) in [5, 5.41) is 8.78. The summed E-state index contributed by atoms with van der Waals surface area (Å²) in [6.07, 6.45) is 1.60. The summed E-state index contributed by atoms with van der Waals surface area (Å²) in [6.45, 7) is 1.49. The van der Waals surface area contributed by atoms with Crippen molar-refractivity contribution in [2.75, 3.05) is 0 Å². The highest BCUT2D eigenvalue weighted by molar-refractivity contribution is 9.10. The molecule has 4 nitrogen and oxygen atoms in total. The fraction of sp³-hybridized carbons (Fsp3) is 0.333. The summed E-state index contributed by atoms with van der Waals surface area (Å²) >= 11 is 3.21. The molecule has 0 aliphatic carbocycles. The molecule has 0 bridgehead atoms. The van der Waals surface area contributed by atoms with Gasteiger partial charge in [-0.3, -0.25) is 9.59 Å². The number of carboxylic acid groups (broad SMARTS) is 1. The van der Waals surface area contributed by atoms with Gasteiger partial charge in [-0.05, 0) is 28.9 Å². The Morgan fingerprint density at radius 1 is 1.64 bits per heavy atom. The number of aliphatic carboxylic acids is 1. The van der Waals surface area contributed by atoms with Crippen LogP contribution in [0.4, 0.5) is 0 Å². The molecule has 0 amide bonds. The van der Waals surface area contributed by atoms with Gasteiger partial charge in [-0.15, -0.1) is 0 Å². The lowest BCUT2D eigenvalue weighted by atomic mass is 10.0. The minimum Gasteiger partial charge on any atom is -0.481 e. The average Bonchev–Trinajstić information content (AvgIpc) is 2.09. The highest BCUT2D eigenvalue weighted by Crippen LogP contribution is 2.15. The van der Waals surface area contributed by atoms with Crippen molar-refractivity contribution in [3.05, 3.63) is 32.7 Å². The lowest BCUT2D eigenvalue weighted by Crippen LogP contribution is -2.24. The van der Waals surface area contributed by atoms with Crippen LogP contribution in [0.5, 0.6) is 0 Å². The smallest absolute Gasteiger partial charge is 0.310 e. The summed E-state index contributed by atoms with van der Waals surface area (Å²) in [5.74, 6) is -1.79. The van der Waals surface area contributed by atoms with Crippen molar-refractivity contribution < 1.29 is 9.90 Å². The zero-order chi connectivity index (χ0) is 10.9. The number of rotatable bonds is 2. The fourth-order valence-electron chi connectivity index (χ4n) is 1.14. The van der Waals surface area contributed by atoms with Crippen molar-refractivity contribution in [1.82, 2.24) is 4.57 Å². The van der Waals surface area contributed by atoms with Crippen LogP contribution in [0.2, 0.25) is 0 Å². The van der Waals surface area contributed by atoms with Crippen molar-refractivity contribution in [3.63, 3.8) is 0 Å². The van der Waals surface area contributed by atoms with Gasteiger partial charge < -0.3 is 9.67 Å². The van der Waals surface area contributed by atoms with E-state index in [-0.39, 0.29) is 11.1 Å². The Morgan fingerprint density at radius 2 is 2.21 bits per heavy atom. The van der Waals surface area contributed by atoms with Gasteiger partial charge in [0.05, 0.1) is 5.92 Å². The molecule has 0 spiro atoms. The number of carboxylic acids is 1. The zero-order valence-corrected chi connectivity index (χ0v) is 9.41. The van der Waals surface area contributed by atoms with E-state index in [4.69, 9.17) is 5.11 Å². The van der Waals surface area contributed by atoms with Crippen LogP contribution >= 0.6 is 15.9 Å². The third-order valence-electron chi connectivity index (χ3n) is 2.01.